The maximum Gasteiger partial charge on any atom is 0.305 e. The van der Waals surface area contributed by atoms with Gasteiger partial charge in [0.1, 0.15) is 31.2 Å². The van der Waals surface area contributed by atoms with E-state index < -0.39 is 24.5 Å². The summed E-state index contributed by atoms with van der Waals surface area (Å²) in [4.78, 5) is 24.8. The van der Waals surface area contributed by atoms with E-state index in [1.807, 2.05) is 6.92 Å². The lowest BCUT2D eigenvalue weighted by Gasteiger charge is -2.17. The summed E-state index contributed by atoms with van der Waals surface area (Å²) in [6.45, 7) is 1.87. The molecule has 2 aliphatic rings. The number of rotatable bonds is 8. The minimum absolute atomic E-state index is 0.118. The summed E-state index contributed by atoms with van der Waals surface area (Å²) in [5.74, 6) is 0.314. The number of unbranched alkanes of at least 4 members (excludes halogenated alkanes) is 1. The Bertz CT molecular complexity index is 868. The second kappa shape index (κ2) is 9.23. The van der Waals surface area contributed by atoms with Gasteiger partial charge in [0.05, 0.1) is 6.33 Å². The Labute approximate surface area is 174 Å². The number of imidazole rings is 1. The first-order chi connectivity index (χ1) is 14.6. The number of anilines is 1. The summed E-state index contributed by atoms with van der Waals surface area (Å²) in [6, 6.07) is 0.371. The molecule has 3 N–H and O–H groups in total. The summed E-state index contributed by atoms with van der Waals surface area (Å²) in [5.41, 5.74) is 1.09. The van der Waals surface area contributed by atoms with Gasteiger partial charge in [0.25, 0.3) is 0 Å². The number of hydrogen-bond acceptors (Lipinski definition) is 9. The minimum Gasteiger partial charge on any atom is -0.463 e. The molecular formula is C20H29N5O5. The SMILES string of the molecule is CCCCC(=O)OCC1O[C@@H](n2cnc3c(NC4CCCC4)ncnc32)[C@H](O)[C@@H]1O. The van der Waals surface area contributed by atoms with Crippen LogP contribution in [0.25, 0.3) is 11.2 Å². The predicted octanol–water partition coefficient (Wildman–Crippen LogP) is 1.53. The number of esters is 1. The van der Waals surface area contributed by atoms with Gasteiger partial charge in [0.15, 0.2) is 23.2 Å². The summed E-state index contributed by atoms with van der Waals surface area (Å²) in [5, 5.41) is 24.4. The number of aromatic nitrogens is 4. The fourth-order valence-electron chi connectivity index (χ4n) is 4.07. The maximum absolute atomic E-state index is 11.8. The molecule has 1 saturated carbocycles. The number of aliphatic hydroxyl groups is 2. The van der Waals surface area contributed by atoms with Crippen molar-refractivity contribution in [1.29, 1.82) is 0 Å². The summed E-state index contributed by atoms with van der Waals surface area (Å²) < 4.78 is 12.6. The van der Waals surface area contributed by atoms with Crippen LogP contribution in [0.15, 0.2) is 12.7 Å². The zero-order chi connectivity index (χ0) is 21.1. The second-order valence-corrected chi connectivity index (χ2v) is 8.00. The van der Waals surface area contributed by atoms with Crippen LogP contribution < -0.4 is 5.32 Å². The van der Waals surface area contributed by atoms with Gasteiger partial charge in [-0.2, -0.15) is 0 Å². The molecule has 0 bridgehead atoms. The average Bonchev–Trinajstić information content (AvgIpc) is 3.47. The first kappa shape index (κ1) is 21.0. The number of nitrogens with zero attached hydrogens (tertiary/aromatic N) is 4. The number of aliphatic hydroxyl groups excluding tert-OH is 2. The summed E-state index contributed by atoms with van der Waals surface area (Å²) in [7, 11) is 0. The molecule has 1 aliphatic carbocycles. The smallest absolute Gasteiger partial charge is 0.305 e. The van der Waals surface area contributed by atoms with Crippen molar-refractivity contribution in [1.82, 2.24) is 19.5 Å². The van der Waals surface area contributed by atoms with Crippen molar-refractivity contribution in [2.45, 2.75) is 82.5 Å². The standard InChI is InChI=1S/C20H29N5O5/c1-2-3-8-14(26)29-9-13-16(27)17(28)20(30-13)25-11-23-15-18(21-10-22-19(15)25)24-12-6-4-5-7-12/h10-13,16-17,20,27-28H,2-9H2,1H3,(H,21,22,24)/t13?,16-,17-,20-/m1/s1. The zero-order valence-electron chi connectivity index (χ0n) is 17.1. The highest BCUT2D eigenvalue weighted by atomic mass is 16.6. The summed E-state index contributed by atoms with van der Waals surface area (Å²) in [6.07, 6.45) is 5.42. The Morgan fingerprint density at radius 3 is 2.83 bits per heavy atom. The molecule has 1 aliphatic heterocycles. The van der Waals surface area contributed by atoms with E-state index in [1.54, 1.807) is 4.57 Å². The Morgan fingerprint density at radius 2 is 2.07 bits per heavy atom. The van der Waals surface area contributed by atoms with Crippen molar-refractivity contribution >= 4 is 23.0 Å². The van der Waals surface area contributed by atoms with Crippen LogP contribution in [0.2, 0.25) is 0 Å². The van der Waals surface area contributed by atoms with Gasteiger partial charge in [-0.3, -0.25) is 9.36 Å². The molecule has 4 atom stereocenters. The maximum atomic E-state index is 11.8. The number of fused-ring (bicyclic) bond motifs is 1. The Morgan fingerprint density at radius 1 is 1.27 bits per heavy atom. The highest BCUT2D eigenvalue weighted by Gasteiger charge is 2.45. The number of ether oxygens (including phenoxy) is 2. The van der Waals surface area contributed by atoms with Crippen LogP contribution >= 0.6 is 0 Å². The van der Waals surface area contributed by atoms with Crippen molar-refractivity contribution in [3.63, 3.8) is 0 Å². The van der Waals surface area contributed by atoms with Crippen LogP contribution in [-0.2, 0) is 14.3 Å². The van der Waals surface area contributed by atoms with Gasteiger partial charge in [-0.1, -0.05) is 26.2 Å². The molecule has 2 fully saturated rings. The van der Waals surface area contributed by atoms with E-state index in [4.69, 9.17) is 9.47 Å². The van der Waals surface area contributed by atoms with Gasteiger partial charge in [-0.25, -0.2) is 15.0 Å². The molecule has 30 heavy (non-hydrogen) atoms. The van der Waals surface area contributed by atoms with Gasteiger partial charge in [0, 0.05) is 12.5 Å². The van der Waals surface area contributed by atoms with Gasteiger partial charge in [-0.15, -0.1) is 0 Å². The molecular weight excluding hydrogens is 390 g/mol. The number of carbonyl (C=O) groups excluding carboxylic acids is 1. The van der Waals surface area contributed by atoms with E-state index in [2.05, 4.69) is 20.3 Å². The fourth-order valence-corrected chi connectivity index (χ4v) is 4.07. The molecule has 0 aromatic carbocycles. The lowest BCUT2D eigenvalue weighted by molar-refractivity contribution is -0.150. The van der Waals surface area contributed by atoms with Crippen LogP contribution in [0.1, 0.15) is 58.1 Å². The Balaban J connectivity index is 1.47. The van der Waals surface area contributed by atoms with Crippen LogP contribution in [0.5, 0.6) is 0 Å². The second-order valence-electron chi connectivity index (χ2n) is 8.00. The third-order valence-electron chi connectivity index (χ3n) is 5.81. The van der Waals surface area contributed by atoms with E-state index in [-0.39, 0.29) is 12.6 Å². The van der Waals surface area contributed by atoms with Crippen molar-refractivity contribution in [3.05, 3.63) is 12.7 Å². The Kier molecular flexibility index (Phi) is 6.45. The van der Waals surface area contributed by atoms with Gasteiger partial charge in [0.2, 0.25) is 0 Å². The third kappa shape index (κ3) is 4.26. The largest absolute Gasteiger partial charge is 0.463 e. The first-order valence-electron chi connectivity index (χ1n) is 10.7. The number of carbonyl (C=O) groups is 1. The topological polar surface area (TPSA) is 132 Å². The lowest BCUT2D eigenvalue weighted by Crippen LogP contribution is -2.34. The van der Waals surface area contributed by atoms with Crippen molar-refractivity contribution in [2.24, 2.45) is 0 Å². The van der Waals surface area contributed by atoms with Crippen LogP contribution in [0.4, 0.5) is 5.82 Å². The normalized spacial score (nSPS) is 27.0. The van der Waals surface area contributed by atoms with Crippen LogP contribution in [0, 0.1) is 0 Å². The molecule has 2 aromatic rings. The Hall–Kier alpha value is -2.30. The minimum atomic E-state index is -1.21. The van der Waals surface area contributed by atoms with Crippen LogP contribution in [-0.4, -0.2) is 66.7 Å². The van der Waals surface area contributed by atoms with E-state index in [0.717, 1.165) is 25.7 Å². The molecule has 0 amide bonds. The van der Waals surface area contributed by atoms with E-state index >= 15 is 0 Å². The van der Waals surface area contributed by atoms with Crippen molar-refractivity contribution < 1.29 is 24.5 Å². The third-order valence-corrected chi connectivity index (χ3v) is 5.81. The van der Waals surface area contributed by atoms with Gasteiger partial charge in [-0.05, 0) is 19.3 Å². The molecule has 1 unspecified atom stereocenters. The zero-order valence-corrected chi connectivity index (χ0v) is 17.1. The molecule has 10 nitrogen and oxygen atoms in total. The predicted molar refractivity (Wildman–Crippen MR) is 108 cm³/mol. The molecule has 4 rings (SSSR count). The average molecular weight is 419 g/mol. The molecule has 10 heteroatoms. The number of nitrogens with one attached hydrogen (secondary N) is 1. The van der Waals surface area contributed by atoms with Gasteiger partial charge >= 0.3 is 5.97 Å². The van der Waals surface area contributed by atoms with Crippen molar-refractivity contribution in [3.8, 4) is 0 Å². The van der Waals surface area contributed by atoms with E-state index in [1.165, 1.54) is 25.5 Å². The van der Waals surface area contributed by atoms with E-state index in [9.17, 15) is 15.0 Å². The molecule has 2 aromatic heterocycles. The molecule has 1 saturated heterocycles. The molecule has 0 spiro atoms. The summed E-state index contributed by atoms with van der Waals surface area (Å²) >= 11 is 0. The number of hydrogen-bond donors (Lipinski definition) is 3. The quantitative estimate of drug-likeness (QED) is 0.545. The van der Waals surface area contributed by atoms with Crippen molar-refractivity contribution in [2.75, 3.05) is 11.9 Å². The van der Waals surface area contributed by atoms with E-state index in [0.29, 0.717) is 29.4 Å². The molecule has 164 valence electrons. The monoisotopic (exact) mass is 419 g/mol. The lowest BCUT2D eigenvalue weighted by atomic mass is 10.1. The fraction of sp³-hybridized carbons (Fsp3) is 0.700. The van der Waals surface area contributed by atoms with Crippen LogP contribution in [0.3, 0.4) is 0 Å². The van der Waals surface area contributed by atoms with Gasteiger partial charge < -0.3 is 25.0 Å². The highest BCUT2D eigenvalue weighted by molar-refractivity contribution is 5.82. The molecule has 3 heterocycles. The highest BCUT2D eigenvalue weighted by Crippen LogP contribution is 2.33. The first-order valence-corrected chi connectivity index (χ1v) is 10.7. The molecule has 0 radical (unpaired) electrons.